The molecule has 1 N–H and O–H groups in total. The predicted octanol–water partition coefficient (Wildman–Crippen LogP) is 3.38. The van der Waals surface area contributed by atoms with Gasteiger partial charge in [0.1, 0.15) is 5.82 Å². The third-order valence-corrected chi connectivity index (χ3v) is 7.04. The highest BCUT2D eigenvalue weighted by atomic mass is 35.5. The molecule has 1 saturated heterocycles. The first kappa shape index (κ1) is 20.5. The summed E-state index contributed by atoms with van der Waals surface area (Å²) in [5.74, 6) is 0.943. The van der Waals surface area contributed by atoms with E-state index in [-0.39, 0.29) is 35.4 Å². The second-order valence-corrected chi connectivity index (χ2v) is 9.14. The van der Waals surface area contributed by atoms with Crippen LogP contribution in [0.1, 0.15) is 49.4 Å². The fraction of sp³-hybridized carbons (Fsp3) is 0.476. The Morgan fingerprint density at radius 2 is 1.94 bits per heavy atom. The van der Waals surface area contributed by atoms with Crippen LogP contribution in [0.15, 0.2) is 23.0 Å². The molecule has 2 fully saturated rings. The van der Waals surface area contributed by atoms with Crippen LogP contribution in [0.3, 0.4) is 0 Å². The van der Waals surface area contributed by atoms with E-state index in [2.05, 4.69) is 15.3 Å². The van der Waals surface area contributed by atoms with Gasteiger partial charge in [-0.25, -0.2) is 9.67 Å². The fourth-order valence-electron chi connectivity index (χ4n) is 4.33. The van der Waals surface area contributed by atoms with E-state index in [1.807, 2.05) is 4.90 Å². The van der Waals surface area contributed by atoms with Crippen LogP contribution in [0, 0.1) is 5.92 Å². The lowest BCUT2D eigenvalue weighted by Crippen LogP contribution is -2.44. The average Bonchev–Trinajstić information content (AvgIpc) is 3.13. The Morgan fingerprint density at radius 3 is 2.65 bits per heavy atom. The van der Waals surface area contributed by atoms with Crippen molar-refractivity contribution < 1.29 is 4.79 Å². The molecule has 0 bridgehead atoms. The Morgan fingerprint density at radius 1 is 1.16 bits per heavy atom. The first-order valence-electron chi connectivity index (χ1n) is 10.6. The Labute approximate surface area is 188 Å². The summed E-state index contributed by atoms with van der Waals surface area (Å²) in [6, 6.07) is 5.28. The molecule has 0 radical (unpaired) electrons. The van der Waals surface area contributed by atoms with E-state index < -0.39 is 0 Å². The molecule has 0 spiro atoms. The molecular weight excluding hydrogens is 439 g/mol. The maximum atomic E-state index is 12.7. The van der Waals surface area contributed by atoms with Crippen LogP contribution in [0.5, 0.6) is 0 Å². The third kappa shape index (κ3) is 3.83. The van der Waals surface area contributed by atoms with E-state index in [4.69, 9.17) is 28.2 Å². The van der Waals surface area contributed by atoms with Gasteiger partial charge in [0.25, 0.3) is 5.56 Å². The van der Waals surface area contributed by atoms with E-state index in [0.29, 0.717) is 33.6 Å². The van der Waals surface area contributed by atoms with Crippen molar-refractivity contribution in [3.63, 3.8) is 0 Å². The van der Waals surface area contributed by atoms with Gasteiger partial charge in [0.2, 0.25) is 5.91 Å². The highest BCUT2D eigenvalue weighted by Crippen LogP contribution is 2.32. The normalized spacial score (nSPS) is 19.5. The second-order valence-electron chi connectivity index (χ2n) is 8.32. The Bertz CT molecular complexity index is 1180. The number of hydrogen-bond donors (Lipinski definition) is 1. The number of carbonyl (C=O) groups excluding carboxylic acids is 1. The third-order valence-electron chi connectivity index (χ3n) is 6.34. The van der Waals surface area contributed by atoms with Crippen molar-refractivity contribution in [1.29, 1.82) is 0 Å². The summed E-state index contributed by atoms with van der Waals surface area (Å²) in [4.78, 5) is 34.9. The highest BCUT2D eigenvalue weighted by Gasteiger charge is 2.33. The van der Waals surface area contributed by atoms with Gasteiger partial charge < -0.3 is 9.88 Å². The van der Waals surface area contributed by atoms with E-state index in [1.165, 1.54) is 0 Å². The maximum Gasteiger partial charge on any atom is 0.281 e. The highest BCUT2D eigenvalue weighted by molar-refractivity contribution is 6.36. The summed E-state index contributed by atoms with van der Waals surface area (Å²) < 4.78 is 1.54. The van der Waals surface area contributed by atoms with Gasteiger partial charge in [0.05, 0.1) is 6.54 Å². The number of H-pyrrole nitrogens is 1. The zero-order chi connectivity index (χ0) is 21.5. The number of likely N-dealkylation sites (tertiary alicyclic amines) is 1. The Kier molecular flexibility index (Phi) is 5.44. The van der Waals surface area contributed by atoms with Crippen LogP contribution in [0.25, 0.3) is 11.2 Å². The minimum Gasteiger partial charge on any atom is -0.342 e. The average molecular weight is 461 g/mol. The number of carbonyl (C=O) groups is 1. The molecule has 1 atom stereocenters. The molecule has 1 aliphatic heterocycles. The van der Waals surface area contributed by atoms with Crippen LogP contribution >= 0.6 is 23.2 Å². The predicted molar refractivity (Wildman–Crippen MR) is 117 cm³/mol. The van der Waals surface area contributed by atoms with Gasteiger partial charge in [-0.3, -0.25) is 9.59 Å². The summed E-state index contributed by atoms with van der Waals surface area (Å²) in [7, 11) is 0. The molecule has 0 unspecified atom stereocenters. The largest absolute Gasteiger partial charge is 0.342 e. The Balaban J connectivity index is 1.45. The van der Waals surface area contributed by atoms with Gasteiger partial charge >= 0.3 is 0 Å². The first-order chi connectivity index (χ1) is 15.0. The van der Waals surface area contributed by atoms with Crippen LogP contribution in [-0.2, 0) is 11.3 Å². The maximum absolute atomic E-state index is 12.7. The molecule has 3 aromatic rings. The summed E-state index contributed by atoms with van der Waals surface area (Å²) in [5, 5.41) is 9.13. The molecule has 1 aliphatic carbocycles. The van der Waals surface area contributed by atoms with Gasteiger partial charge in [0.15, 0.2) is 11.2 Å². The number of amides is 1. The van der Waals surface area contributed by atoms with Crippen molar-refractivity contribution in [3.8, 4) is 0 Å². The molecule has 10 heteroatoms. The zero-order valence-electron chi connectivity index (χ0n) is 16.9. The summed E-state index contributed by atoms with van der Waals surface area (Å²) >= 11 is 12.6. The number of benzene rings is 1. The Hall–Kier alpha value is -2.45. The van der Waals surface area contributed by atoms with Crippen molar-refractivity contribution in [1.82, 2.24) is 29.9 Å². The number of hydrogen-bond acceptors (Lipinski definition) is 5. The van der Waals surface area contributed by atoms with E-state index >= 15 is 0 Å². The minimum absolute atomic E-state index is 0.0258. The van der Waals surface area contributed by atoms with Crippen molar-refractivity contribution in [2.45, 2.75) is 44.6 Å². The lowest BCUT2D eigenvalue weighted by Gasteiger charge is -2.36. The van der Waals surface area contributed by atoms with E-state index in [9.17, 15) is 9.59 Å². The smallest absolute Gasteiger partial charge is 0.281 e. The number of piperidine rings is 1. The minimum atomic E-state index is -0.334. The topological polar surface area (TPSA) is 96.8 Å². The molecule has 2 aliphatic rings. The number of nitrogens with zero attached hydrogens (tertiary/aromatic N) is 5. The second kappa shape index (κ2) is 8.24. The fourth-order valence-corrected chi connectivity index (χ4v) is 4.85. The molecule has 2 aromatic heterocycles. The number of rotatable bonds is 4. The van der Waals surface area contributed by atoms with Crippen molar-refractivity contribution in [2.75, 3.05) is 13.1 Å². The molecule has 1 aromatic carbocycles. The molecule has 162 valence electrons. The van der Waals surface area contributed by atoms with Gasteiger partial charge in [-0.2, -0.15) is 0 Å². The van der Waals surface area contributed by atoms with E-state index in [0.717, 1.165) is 38.6 Å². The lowest BCUT2D eigenvalue weighted by molar-refractivity contribution is -0.139. The van der Waals surface area contributed by atoms with Gasteiger partial charge in [-0.1, -0.05) is 40.9 Å². The zero-order valence-corrected chi connectivity index (χ0v) is 18.4. The number of aromatic amines is 1. The molecule has 3 heterocycles. The number of nitrogens with one attached hydrogen (secondary N) is 1. The molecule has 31 heavy (non-hydrogen) atoms. The molecule has 1 saturated carbocycles. The van der Waals surface area contributed by atoms with Crippen LogP contribution in [0.2, 0.25) is 10.0 Å². The van der Waals surface area contributed by atoms with Crippen LogP contribution < -0.4 is 5.56 Å². The van der Waals surface area contributed by atoms with Crippen LogP contribution in [0.4, 0.5) is 0 Å². The lowest BCUT2D eigenvalue weighted by atomic mass is 9.83. The molecule has 1 amide bonds. The van der Waals surface area contributed by atoms with Gasteiger partial charge in [0, 0.05) is 40.5 Å². The first-order valence-corrected chi connectivity index (χ1v) is 11.3. The number of fused-ring (bicyclic) bond motifs is 1. The molecule has 5 rings (SSSR count). The quantitative estimate of drug-likeness (QED) is 0.643. The summed E-state index contributed by atoms with van der Waals surface area (Å²) in [5.41, 5.74) is 0.914. The summed E-state index contributed by atoms with van der Waals surface area (Å²) in [6.45, 7) is 1.59. The van der Waals surface area contributed by atoms with Crippen molar-refractivity contribution in [3.05, 3.63) is 50.0 Å². The monoisotopic (exact) mass is 460 g/mol. The van der Waals surface area contributed by atoms with Crippen molar-refractivity contribution in [2.24, 2.45) is 5.92 Å². The molecule has 8 nitrogen and oxygen atoms in total. The molecular formula is C21H22Cl2N6O2. The van der Waals surface area contributed by atoms with Crippen LogP contribution in [-0.4, -0.2) is 48.9 Å². The summed E-state index contributed by atoms with van der Waals surface area (Å²) in [6.07, 6.45) is 4.84. The van der Waals surface area contributed by atoms with E-state index in [1.54, 1.807) is 22.9 Å². The SMILES string of the molecule is O=C(C1CCC1)N1CCC[C@@H](c2nc3c(nnn3Cc3c(Cl)cccc3Cl)c(=O)[nH]2)C1. The van der Waals surface area contributed by atoms with Gasteiger partial charge in [-0.15, -0.1) is 5.10 Å². The van der Waals surface area contributed by atoms with Crippen molar-refractivity contribution >= 4 is 40.3 Å². The number of halogens is 2. The van der Waals surface area contributed by atoms with Gasteiger partial charge in [-0.05, 0) is 37.8 Å². The number of aromatic nitrogens is 5. The standard InChI is InChI=1S/C21H22Cl2N6O2/c22-15-7-2-8-16(23)14(15)11-29-19-17(26-27-29)20(30)25-18(24-19)13-6-3-9-28(10-13)21(31)12-4-1-5-12/h2,7-8,12-13H,1,3-6,9-11H2,(H,24,25,30)/t13-/m1/s1.